The molecule has 1 rings (SSSR count). The van der Waals surface area contributed by atoms with E-state index in [9.17, 15) is 0 Å². The first-order valence-electron chi connectivity index (χ1n) is 6.34. The molecule has 0 aromatic rings. The van der Waals surface area contributed by atoms with Gasteiger partial charge >= 0.3 is 0 Å². The molecule has 2 nitrogen and oxygen atoms in total. The molecule has 15 heavy (non-hydrogen) atoms. The van der Waals surface area contributed by atoms with Crippen molar-refractivity contribution < 1.29 is 9.47 Å². The Labute approximate surface area is 94.3 Å². The monoisotopic (exact) mass is 213 g/mol. The molecule has 0 heterocycles. The van der Waals surface area contributed by atoms with Crippen molar-refractivity contribution in [3.05, 3.63) is 6.92 Å². The second-order valence-corrected chi connectivity index (χ2v) is 4.50. The van der Waals surface area contributed by atoms with Crippen molar-refractivity contribution in [2.75, 3.05) is 19.8 Å². The fourth-order valence-electron chi connectivity index (χ4n) is 2.08. The van der Waals surface area contributed by atoms with Crippen LogP contribution in [0.3, 0.4) is 0 Å². The van der Waals surface area contributed by atoms with Crippen LogP contribution in [0.25, 0.3) is 0 Å². The normalized spacial score (nSPS) is 20.4. The van der Waals surface area contributed by atoms with Crippen LogP contribution in [-0.4, -0.2) is 25.4 Å². The lowest BCUT2D eigenvalue weighted by Gasteiger charge is -2.33. The van der Waals surface area contributed by atoms with Gasteiger partial charge in [-0.2, -0.15) is 0 Å². The van der Waals surface area contributed by atoms with Crippen molar-refractivity contribution >= 4 is 0 Å². The third kappa shape index (κ3) is 5.53. The quantitative estimate of drug-likeness (QED) is 0.604. The molecule has 0 aliphatic heterocycles. The summed E-state index contributed by atoms with van der Waals surface area (Å²) in [5.74, 6) is 0. The maximum Gasteiger partial charge on any atom is 0.0683 e. The summed E-state index contributed by atoms with van der Waals surface area (Å²) in [6.45, 7) is 8.77. The van der Waals surface area contributed by atoms with E-state index in [2.05, 4.69) is 6.92 Å². The smallest absolute Gasteiger partial charge is 0.0683 e. The van der Waals surface area contributed by atoms with Gasteiger partial charge in [-0.25, -0.2) is 0 Å². The molecule has 0 atom stereocenters. The zero-order chi connectivity index (χ0) is 11.0. The largest absolute Gasteiger partial charge is 0.382 e. The van der Waals surface area contributed by atoms with E-state index in [0.717, 1.165) is 45.5 Å². The molecule has 0 unspecified atom stereocenters. The predicted octanol–water partition coefficient (Wildman–Crippen LogP) is 3.36. The minimum absolute atomic E-state index is 0.0656. The van der Waals surface area contributed by atoms with Crippen LogP contribution in [0, 0.1) is 6.92 Å². The first-order chi connectivity index (χ1) is 7.27. The van der Waals surface area contributed by atoms with Gasteiger partial charge in [-0.3, -0.25) is 0 Å². The van der Waals surface area contributed by atoms with Crippen LogP contribution < -0.4 is 0 Å². The van der Waals surface area contributed by atoms with Crippen molar-refractivity contribution in [2.45, 2.75) is 57.5 Å². The van der Waals surface area contributed by atoms with Gasteiger partial charge < -0.3 is 9.47 Å². The number of rotatable bonds is 7. The molecule has 1 aliphatic rings. The molecule has 0 N–H and O–H groups in total. The van der Waals surface area contributed by atoms with Gasteiger partial charge in [0, 0.05) is 19.8 Å². The Morgan fingerprint density at radius 1 is 1.07 bits per heavy atom. The van der Waals surface area contributed by atoms with E-state index < -0.39 is 0 Å². The summed E-state index contributed by atoms with van der Waals surface area (Å²) >= 11 is 0. The van der Waals surface area contributed by atoms with Gasteiger partial charge in [0.25, 0.3) is 0 Å². The average molecular weight is 213 g/mol. The summed E-state index contributed by atoms with van der Waals surface area (Å²) in [4.78, 5) is 0. The molecule has 0 amide bonds. The summed E-state index contributed by atoms with van der Waals surface area (Å²) in [5.41, 5.74) is -0.0656. The summed E-state index contributed by atoms with van der Waals surface area (Å²) in [5, 5.41) is 0. The third-order valence-electron chi connectivity index (χ3n) is 3.06. The highest BCUT2D eigenvalue weighted by molar-refractivity contribution is 4.86. The molecule has 0 bridgehead atoms. The fraction of sp³-hybridized carbons (Fsp3) is 0.923. The fourth-order valence-corrected chi connectivity index (χ4v) is 2.08. The van der Waals surface area contributed by atoms with Gasteiger partial charge in [-0.15, -0.1) is 0 Å². The molecule has 0 aromatic heterocycles. The summed E-state index contributed by atoms with van der Waals surface area (Å²) in [6, 6.07) is 0. The van der Waals surface area contributed by atoms with E-state index in [0.29, 0.717) is 0 Å². The van der Waals surface area contributed by atoms with E-state index >= 15 is 0 Å². The average Bonchev–Trinajstić information content (AvgIpc) is 2.24. The van der Waals surface area contributed by atoms with Gasteiger partial charge in [0.15, 0.2) is 0 Å². The number of hydrogen-bond donors (Lipinski definition) is 0. The maximum absolute atomic E-state index is 5.88. The summed E-state index contributed by atoms with van der Waals surface area (Å²) < 4.78 is 11.2. The second-order valence-electron chi connectivity index (χ2n) is 4.50. The lowest BCUT2D eigenvalue weighted by atomic mass is 9.86. The highest BCUT2D eigenvalue weighted by atomic mass is 16.5. The van der Waals surface area contributed by atoms with Crippen LogP contribution in [-0.2, 0) is 9.47 Å². The maximum atomic E-state index is 5.88. The van der Waals surface area contributed by atoms with E-state index in [1.807, 2.05) is 6.92 Å². The van der Waals surface area contributed by atoms with Gasteiger partial charge in [0.2, 0.25) is 0 Å². The molecule has 0 spiro atoms. The van der Waals surface area contributed by atoms with Crippen LogP contribution in [0.15, 0.2) is 0 Å². The number of hydrogen-bond acceptors (Lipinski definition) is 2. The van der Waals surface area contributed by atoms with Gasteiger partial charge in [0.05, 0.1) is 5.60 Å². The standard InChI is InChI=1S/C13H25O2/c1-3-14-11-7-8-12-15-13(2)9-5-4-6-10-13/h2-12H2,1H3. The van der Waals surface area contributed by atoms with Crippen LogP contribution in [0.1, 0.15) is 51.9 Å². The Balaban J connectivity index is 1.98. The molecule has 89 valence electrons. The molecule has 0 saturated heterocycles. The zero-order valence-corrected chi connectivity index (χ0v) is 10.1. The lowest BCUT2D eigenvalue weighted by Crippen LogP contribution is -2.32. The topological polar surface area (TPSA) is 18.5 Å². The predicted molar refractivity (Wildman–Crippen MR) is 62.9 cm³/mol. The van der Waals surface area contributed by atoms with Crippen molar-refractivity contribution in [1.82, 2.24) is 0 Å². The molecule has 1 fully saturated rings. The van der Waals surface area contributed by atoms with Crippen molar-refractivity contribution in [2.24, 2.45) is 0 Å². The highest BCUT2D eigenvalue weighted by Gasteiger charge is 2.27. The molecule has 1 saturated carbocycles. The summed E-state index contributed by atoms with van der Waals surface area (Å²) in [7, 11) is 0. The van der Waals surface area contributed by atoms with Gasteiger partial charge in [-0.05, 0) is 39.5 Å². The number of ether oxygens (including phenoxy) is 2. The lowest BCUT2D eigenvalue weighted by molar-refractivity contribution is -0.0387. The SMILES string of the molecule is [CH2]C1(OCCCCOCC)CCCCC1. The first kappa shape index (κ1) is 13.0. The third-order valence-corrected chi connectivity index (χ3v) is 3.06. The van der Waals surface area contributed by atoms with E-state index in [-0.39, 0.29) is 5.60 Å². The van der Waals surface area contributed by atoms with E-state index in [1.54, 1.807) is 0 Å². The minimum atomic E-state index is -0.0656. The number of unbranched alkanes of at least 4 members (excludes halogenated alkanes) is 1. The molecule has 2 heteroatoms. The summed E-state index contributed by atoms with van der Waals surface area (Å²) in [6.07, 6.45) is 8.38. The van der Waals surface area contributed by atoms with Crippen LogP contribution in [0.2, 0.25) is 0 Å². The molecular weight excluding hydrogens is 188 g/mol. The van der Waals surface area contributed by atoms with Crippen molar-refractivity contribution in [3.8, 4) is 0 Å². The Kier molecular flexibility index (Phi) is 6.26. The van der Waals surface area contributed by atoms with Crippen molar-refractivity contribution in [3.63, 3.8) is 0 Å². The Hall–Kier alpha value is -0.0800. The van der Waals surface area contributed by atoms with Gasteiger partial charge in [0.1, 0.15) is 0 Å². The van der Waals surface area contributed by atoms with Crippen LogP contribution >= 0.6 is 0 Å². The molecular formula is C13H25O2. The van der Waals surface area contributed by atoms with Crippen LogP contribution in [0.4, 0.5) is 0 Å². The van der Waals surface area contributed by atoms with Crippen molar-refractivity contribution in [1.29, 1.82) is 0 Å². The van der Waals surface area contributed by atoms with Gasteiger partial charge in [-0.1, -0.05) is 19.3 Å². The minimum Gasteiger partial charge on any atom is -0.382 e. The Morgan fingerprint density at radius 2 is 1.73 bits per heavy atom. The van der Waals surface area contributed by atoms with E-state index in [4.69, 9.17) is 9.47 Å². The van der Waals surface area contributed by atoms with Crippen LogP contribution in [0.5, 0.6) is 0 Å². The van der Waals surface area contributed by atoms with E-state index in [1.165, 1.54) is 19.3 Å². The Bertz CT molecular complexity index is 151. The molecule has 1 radical (unpaired) electrons. The second kappa shape index (κ2) is 7.24. The Morgan fingerprint density at radius 3 is 2.40 bits per heavy atom. The molecule has 0 aromatic carbocycles. The first-order valence-corrected chi connectivity index (χ1v) is 6.34. The zero-order valence-electron chi connectivity index (χ0n) is 10.1. The molecule has 1 aliphatic carbocycles. The highest BCUT2D eigenvalue weighted by Crippen LogP contribution is 2.30.